The number of hydrogen-bond acceptors (Lipinski definition) is 5. The lowest BCUT2D eigenvalue weighted by Crippen LogP contribution is -2.28. The first-order valence-electron chi connectivity index (χ1n) is 6.81. The van der Waals surface area contributed by atoms with E-state index >= 15 is 0 Å². The minimum Gasteiger partial charge on any atom is -0.463 e. The van der Waals surface area contributed by atoms with Gasteiger partial charge in [-0.2, -0.15) is 0 Å². The van der Waals surface area contributed by atoms with Crippen molar-refractivity contribution in [3.63, 3.8) is 0 Å². The van der Waals surface area contributed by atoms with Gasteiger partial charge in [0, 0.05) is 22.5 Å². The maximum absolute atomic E-state index is 11.6. The minimum atomic E-state index is -0.776. The molecule has 7 heteroatoms. The molecule has 1 fully saturated rings. The highest BCUT2D eigenvalue weighted by Gasteiger charge is 2.27. The number of halogens is 1. The second-order valence-corrected chi connectivity index (χ2v) is 6.06. The summed E-state index contributed by atoms with van der Waals surface area (Å²) >= 11 is 7.14. The first kappa shape index (κ1) is 16.9. The van der Waals surface area contributed by atoms with E-state index in [0.29, 0.717) is 33.8 Å². The van der Waals surface area contributed by atoms with Crippen molar-refractivity contribution >= 4 is 34.5 Å². The number of rotatable bonds is 5. The number of ether oxygens (including phenoxy) is 1. The smallest absolute Gasteiger partial charge is 0.332 e. The van der Waals surface area contributed by atoms with Gasteiger partial charge in [0.2, 0.25) is 0 Å². The SMILES string of the molecule is CCOC(=O)/C=C1\CSC(=N)N1CC(O)c1ccc(Cl)cc1. The summed E-state index contributed by atoms with van der Waals surface area (Å²) in [7, 11) is 0. The van der Waals surface area contributed by atoms with Gasteiger partial charge in [-0.25, -0.2) is 4.79 Å². The largest absolute Gasteiger partial charge is 0.463 e. The fourth-order valence-corrected chi connectivity index (χ4v) is 3.03. The number of aliphatic hydroxyl groups is 1. The van der Waals surface area contributed by atoms with Gasteiger partial charge in [-0.1, -0.05) is 35.5 Å². The summed E-state index contributed by atoms with van der Waals surface area (Å²) in [5.74, 6) is 0.0872. The predicted octanol–water partition coefficient (Wildman–Crippen LogP) is 2.80. The molecule has 5 nitrogen and oxygen atoms in total. The summed E-state index contributed by atoms with van der Waals surface area (Å²) in [4.78, 5) is 13.2. The van der Waals surface area contributed by atoms with Crippen LogP contribution in [0.5, 0.6) is 0 Å². The molecule has 0 aromatic heterocycles. The number of nitrogens with one attached hydrogen (secondary N) is 1. The van der Waals surface area contributed by atoms with Crippen LogP contribution in [0.25, 0.3) is 0 Å². The highest BCUT2D eigenvalue weighted by atomic mass is 35.5. The van der Waals surface area contributed by atoms with E-state index in [1.54, 1.807) is 36.1 Å². The molecule has 0 bridgehead atoms. The summed E-state index contributed by atoms with van der Waals surface area (Å²) in [6.07, 6.45) is 0.606. The third kappa shape index (κ3) is 4.25. The number of thioether (sulfide) groups is 1. The van der Waals surface area contributed by atoms with Crippen LogP contribution >= 0.6 is 23.4 Å². The maximum atomic E-state index is 11.6. The summed E-state index contributed by atoms with van der Waals surface area (Å²) in [6.45, 7) is 2.25. The van der Waals surface area contributed by atoms with Gasteiger partial charge in [-0.05, 0) is 24.6 Å². The first-order chi connectivity index (χ1) is 10.5. The molecule has 1 atom stereocenters. The molecule has 1 saturated heterocycles. The zero-order chi connectivity index (χ0) is 16.1. The van der Waals surface area contributed by atoms with E-state index in [0.717, 1.165) is 0 Å². The third-order valence-electron chi connectivity index (χ3n) is 3.13. The van der Waals surface area contributed by atoms with Gasteiger partial charge in [0.05, 0.1) is 19.3 Å². The Balaban J connectivity index is 2.09. The van der Waals surface area contributed by atoms with Crippen LogP contribution in [-0.2, 0) is 9.53 Å². The topological polar surface area (TPSA) is 73.6 Å². The van der Waals surface area contributed by atoms with Crippen LogP contribution < -0.4 is 0 Å². The van der Waals surface area contributed by atoms with E-state index in [2.05, 4.69) is 0 Å². The molecule has 1 aromatic carbocycles. The van der Waals surface area contributed by atoms with E-state index < -0.39 is 12.1 Å². The molecule has 22 heavy (non-hydrogen) atoms. The molecule has 0 spiro atoms. The molecule has 1 aliphatic rings. The Hall–Kier alpha value is -1.50. The van der Waals surface area contributed by atoms with Crippen LogP contribution in [0.15, 0.2) is 36.0 Å². The predicted molar refractivity (Wildman–Crippen MR) is 88.0 cm³/mol. The van der Waals surface area contributed by atoms with Crippen molar-refractivity contribution in [1.82, 2.24) is 4.90 Å². The van der Waals surface area contributed by atoms with E-state index in [1.807, 2.05) is 0 Å². The zero-order valence-corrected chi connectivity index (χ0v) is 13.7. The van der Waals surface area contributed by atoms with Crippen molar-refractivity contribution in [2.75, 3.05) is 18.9 Å². The second kappa shape index (κ2) is 7.67. The molecule has 0 radical (unpaired) electrons. The quantitative estimate of drug-likeness (QED) is 0.637. The second-order valence-electron chi connectivity index (χ2n) is 4.66. The molecule has 1 heterocycles. The highest BCUT2D eigenvalue weighted by molar-refractivity contribution is 8.14. The van der Waals surface area contributed by atoms with E-state index in [4.69, 9.17) is 21.7 Å². The number of carbonyl (C=O) groups is 1. The zero-order valence-electron chi connectivity index (χ0n) is 12.1. The molecule has 0 amide bonds. The van der Waals surface area contributed by atoms with Crippen molar-refractivity contribution in [3.05, 3.63) is 46.6 Å². The summed E-state index contributed by atoms with van der Waals surface area (Å²) in [5.41, 5.74) is 1.38. The van der Waals surface area contributed by atoms with Crippen molar-refractivity contribution < 1.29 is 14.6 Å². The molecule has 0 saturated carbocycles. The highest BCUT2D eigenvalue weighted by Crippen LogP contribution is 2.29. The standard InChI is InChI=1S/C15H17ClN2O3S/c1-2-21-14(20)7-12-9-22-15(17)18(12)8-13(19)10-3-5-11(16)6-4-10/h3-7,13,17,19H,2,8-9H2,1H3/b12-7+,17-15?. The fourth-order valence-electron chi connectivity index (χ4n) is 2.03. The van der Waals surface area contributed by atoms with Crippen molar-refractivity contribution in [2.24, 2.45) is 0 Å². The Morgan fingerprint density at radius 1 is 1.55 bits per heavy atom. The van der Waals surface area contributed by atoms with Crippen LogP contribution in [0.4, 0.5) is 0 Å². The van der Waals surface area contributed by atoms with Gasteiger partial charge in [0.15, 0.2) is 5.17 Å². The molecular formula is C15H17ClN2O3S. The minimum absolute atomic E-state index is 0.207. The van der Waals surface area contributed by atoms with Crippen LogP contribution in [0.2, 0.25) is 5.02 Å². The lowest BCUT2D eigenvalue weighted by atomic mass is 10.1. The van der Waals surface area contributed by atoms with Crippen LogP contribution in [0, 0.1) is 5.41 Å². The van der Waals surface area contributed by atoms with Gasteiger partial charge in [0.1, 0.15) is 0 Å². The number of esters is 1. The van der Waals surface area contributed by atoms with E-state index in [1.165, 1.54) is 17.8 Å². The molecule has 2 rings (SSSR count). The Kier molecular flexibility index (Phi) is 5.88. The summed E-state index contributed by atoms with van der Waals surface area (Å²) in [6, 6.07) is 6.90. The van der Waals surface area contributed by atoms with Gasteiger partial charge in [-0.3, -0.25) is 5.41 Å². The Morgan fingerprint density at radius 3 is 2.86 bits per heavy atom. The lowest BCUT2D eigenvalue weighted by molar-refractivity contribution is -0.137. The molecule has 1 aromatic rings. The molecule has 1 aliphatic heterocycles. The monoisotopic (exact) mass is 340 g/mol. The Morgan fingerprint density at radius 2 is 2.23 bits per heavy atom. The Bertz CT molecular complexity index is 589. The number of aliphatic hydroxyl groups excluding tert-OH is 1. The van der Waals surface area contributed by atoms with Crippen molar-refractivity contribution in [1.29, 1.82) is 5.41 Å². The third-order valence-corrected chi connectivity index (χ3v) is 4.32. The normalized spacial score (nSPS) is 17.9. The first-order valence-corrected chi connectivity index (χ1v) is 8.17. The molecular weight excluding hydrogens is 324 g/mol. The van der Waals surface area contributed by atoms with Gasteiger partial charge in [-0.15, -0.1) is 0 Å². The number of benzene rings is 1. The number of amidine groups is 1. The number of carbonyl (C=O) groups excluding carboxylic acids is 1. The Labute approximate surface area is 138 Å². The molecule has 2 N–H and O–H groups in total. The number of nitrogens with zero attached hydrogens (tertiary/aromatic N) is 1. The summed E-state index contributed by atoms with van der Waals surface area (Å²) in [5, 5.41) is 19.2. The average Bonchev–Trinajstić information content (AvgIpc) is 2.81. The number of β-amino-alcohol motifs (C(OH)–C–C–N with tert-alkyl or cyclic N) is 1. The van der Waals surface area contributed by atoms with Crippen LogP contribution in [-0.4, -0.2) is 40.0 Å². The van der Waals surface area contributed by atoms with E-state index in [9.17, 15) is 9.90 Å². The number of hydrogen-bond donors (Lipinski definition) is 2. The summed E-state index contributed by atoms with van der Waals surface area (Å²) < 4.78 is 4.89. The van der Waals surface area contributed by atoms with E-state index in [-0.39, 0.29) is 6.54 Å². The fraction of sp³-hybridized carbons (Fsp3) is 0.333. The molecule has 1 unspecified atom stereocenters. The molecule has 0 aliphatic carbocycles. The van der Waals surface area contributed by atoms with Gasteiger partial charge < -0.3 is 14.7 Å². The maximum Gasteiger partial charge on any atom is 0.332 e. The van der Waals surface area contributed by atoms with Crippen molar-refractivity contribution in [3.8, 4) is 0 Å². The molecule has 118 valence electrons. The van der Waals surface area contributed by atoms with Crippen LogP contribution in [0.1, 0.15) is 18.6 Å². The lowest BCUT2D eigenvalue weighted by Gasteiger charge is -2.22. The average molecular weight is 341 g/mol. The van der Waals surface area contributed by atoms with Crippen molar-refractivity contribution in [2.45, 2.75) is 13.0 Å². The van der Waals surface area contributed by atoms with Crippen LogP contribution in [0.3, 0.4) is 0 Å². The van der Waals surface area contributed by atoms with Gasteiger partial charge >= 0.3 is 5.97 Å². The van der Waals surface area contributed by atoms with Gasteiger partial charge in [0.25, 0.3) is 0 Å².